The van der Waals surface area contributed by atoms with E-state index in [4.69, 9.17) is 5.73 Å². The van der Waals surface area contributed by atoms with Crippen LogP contribution in [0.2, 0.25) is 0 Å². The van der Waals surface area contributed by atoms with Gasteiger partial charge >= 0.3 is 0 Å². The van der Waals surface area contributed by atoms with Crippen LogP contribution in [-0.2, 0) is 13.6 Å². The summed E-state index contributed by atoms with van der Waals surface area (Å²) in [5.74, 6) is 0.762. The molecule has 1 aliphatic rings. The van der Waals surface area contributed by atoms with E-state index in [0.29, 0.717) is 6.54 Å². The third-order valence-electron chi connectivity index (χ3n) is 4.21. The van der Waals surface area contributed by atoms with Crippen molar-refractivity contribution in [1.82, 2.24) is 4.57 Å². The molecule has 1 aromatic heterocycles. The van der Waals surface area contributed by atoms with Gasteiger partial charge < -0.3 is 10.3 Å². The summed E-state index contributed by atoms with van der Waals surface area (Å²) < 4.78 is 2.37. The first-order valence-corrected chi connectivity index (χ1v) is 6.58. The maximum absolute atomic E-state index is 5.82. The average Bonchev–Trinajstić information content (AvgIpc) is 2.97. The van der Waals surface area contributed by atoms with Crippen molar-refractivity contribution in [3.63, 3.8) is 0 Å². The number of aryl methyl sites for hydroxylation is 1. The smallest absolute Gasteiger partial charge is 0.0483 e. The molecule has 1 aromatic carbocycles. The van der Waals surface area contributed by atoms with Gasteiger partial charge in [-0.2, -0.15) is 0 Å². The molecule has 0 aliphatic heterocycles. The number of nitrogens with two attached hydrogens (primary N) is 1. The SMILES string of the molecule is Cn1c(C2CCCC2)cc2c(CN)cccc21. The van der Waals surface area contributed by atoms with E-state index in [1.54, 1.807) is 0 Å². The molecule has 0 atom stereocenters. The molecule has 0 spiro atoms. The molecular weight excluding hydrogens is 208 g/mol. The first kappa shape index (κ1) is 10.8. The van der Waals surface area contributed by atoms with Crippen molar-refractivity contribution in [3.05, 3.63) is 35.5 Å². The lowest BCUT2D eigenvalue weighted by Crippen LogP contribution is -2.00. The minimum Gasteiger partial charge on any atom is -0.347 e. The average molecular weight is 228 g/mol. The van der Waals surface area contributed by atoms with E-state index >= 15 is 0 Å². The van der Waals surface area contributed by atoms with Crippen molar-refractivity contribution in [3.8, 4) is 0 Å². The van der Waals surface area contributed by atoms with Crippen LogP contribution in [0.5, 0.6) is 0 Å². The maximum atomic E-state index is 5.82. The van der Waals surface area contributed by atoms with Crippen LogP contribution in [0.3, 0.4) is 0 Å². The number of nitrogens with zero attached hydrogens (tertiary/aromatic N) is 1. The first-order valence-electron chi connectivity index (χ1n) is 6.58. The van der Waals surface area contributed by atoms with Gasteiger partial charge in [-0.25, -0.2) is 0 Å². The Morgan fingerprint density at radius 3 is 2.76 bits per heavy atom. The molecule has 2 heteroatoms. The van der Waals surface area contributed by atoms with Crippen molar-refractivity contribution in [2.45, 2.75) is 38.1 Å². The fraction of sp³-hybridized carbons (Fsp3) is 0.467. The predicted octanol–water partition coefficient (Wildman–Crippen LogP) is 3.29. The van der Waals surface area contributed by atoms with Crippen LogP contribution in [0.1, 0.15) is 42.9 Å². The number of hydrogen-bond donors (Lipinski definition) is 1. The van der Waals surface area contributed by atoms with E-state index in [-0.39, 0.29) is 0 Å². The molecule has 0 bridgehead atoms. The Kier molecular flexibility index (Phi) is 2.67. The van der Waals surface area contributed by atoms with E-state index < -0.39 is 0 Å². The molecule has 0 radical (unpaired) electrons. The van der Waals surface area contributed by atoms with Crippen LogP contribution in [0.4, 0.5) is 0 Å². The molecule has 1 aliphatic carbocycles. The Balaban J connectivity index is 2.16. The second-order valence-corrected chi connectivity index (χ2v) is 5.16. The van der Waals surface area contributed by atoms with Gasteiger partial charge in [-0.3, -0.25) is 0 Å². The molecule has 1 fully saturated rings. The zero-order valence-electron chi connectivity index (χ0n) is 10.4. The van der Waals surface area contributed by atoms with Crippen molar-refractivity contribution in [2.75, 3.05) is 0 Å². The van der Waals surface area contributed by atoms with Crippen molar-refractivity contribution >= 4 is 10.9 Å². The van der Waals surface area contributed by atoms with Gasteiger partial charge in [-0.1, -0.05) is 25.0 Å². The Labute approximate surface area is 102 Å². The minimum absolute atomic E-state index is 0.630. The van der Waals surface area contributed by atoms with Crippen LogP contribution in [0, 0.1) is 0 Å². The molecular formula is C15H20N2. The van der Waals surface area contributed by atoms with Crippen LogP contribution in [-0.4, -0.2) is 4.57 Å². The Bertz CT molecular complexity index is 533. The molecule has 2 nitrogen and oxygen atoms in total. The fourth-order valence-corrected chi connectivity index (χ4v) is 3.23. The lowest BCUT2D eigenvalue weighted by molar-refractivity contribution is 0.663. The van der Waals surface area contributed by atoms with Crippen molar-refractivity contribution < 1.29 is 0 Å². The highest BCUT2D eigenvalue weighted by molar-refractivity contribution is 5.85. The summed E-state index contributed by atoms with van der Waals surface area (Å²) in [5, 5.41) is 1.35. The molecule has 2 N–H and O–H groups in total. The molecule has 90 valence electrons. The maximum Gasteiger partial charge on any atom is 0.0483 e. The second-order valence-electron chi connectivity index (χ2n) is 5.16. The zero-order valence-corrected chi connectivity index (χ0v) is 10.4. The summed E-state index contributed by atoms with van der Waals surface area (Å²) in [4.78, 5) is 0. The summed E-state index contributed by atoms with van der Waals surface area (Å²) in [6.45, 7) is 0.630. The molecule has 17 heavy (non-hydrogen) atoms. The largest absolute Gasteiger partial charge is 0.347 e. The van der Waals surface area contributed by atoms with E-state index in [1.807, 2.05) is 0 Å². The minimum atomic E-state index is 0.630. The van der Waals surface area contributed by atoms with Crippen LogP contribution in [0.15, 0.2) is 24.3 Å². The lowest BCUT2D eigenvalue weighted by atomic mass is 10.0. The third-order valence-corrected chi connectivity index (χ3v) is 4.21. The number of fused-ring (bicyclic) bond motifs is 1. The lowest BCUT2D eigenvalue weighted by Gasteiger charge is -2.10. The van der Waals surface area contributed by atoms with Gasteiger partial charge in [0.15, 0.2) is 0 Å². The summed E-state index contributed by atoms with van der Waals surface area (Å²) in [6, 6.07) is 8.82. The third kappa shape index (κ3) is 1.67. The first-order chi connectivity index (χ1) is 8.31. The summed E-state index contributed by atoms with van der Waals surface area (Å²) >= 11 is 0. The number of aromatic nitrogens is 1. The van der Waals surface area contributed by atoms with Gasteiger partial charge in [0.1, 0.15) is 0 Å². The van der Waals surface area contributed by atoms with Gasteiger partial charge in [-0.05, 0) is 36.5 Å². The zero-order chi connectivity index (χ0) is 11.8. The quantitative estimate of drug-likeness (QED) is 0.840. The van der Waals surface area contributed by atoms with Crippen LogP contribution >= 0.6 is 0 Å². The standard InChI is InChI=1S/C15H20N2/c1-17-14-8-4-7-12(10-16)13(14)9-15(17)11-5-2-3-6-11/h4,7-9,11H,2-3,5-6,10,16H2,1H3. The van der Waals surface area contributed by atoms with Crippen LogP contribution < -0.4 is 5.73 Å². The Hall–Kier alpha value is -1.28. The molecule has 0 saturated heterocycles. The van der Waals surface area contributed by atoms with Gasteiger partial charge in [0.05, 0.1) is 0 Å². The Morgan fingerprint density at radius 2 is 2.06 bits per heavy atom. The molecule has 3 rings (SSSR count). The van der Waals surface area contributed by atoms with Gasteiger partial charge in [0.25, 0.3) is 0 Å². The van der Waals surface area contributed by atoms with Crippen molar-refractivity contribution in [1.29, 1.82) is 0 Å². The van der Waals surface area contributed by atoms with E-state index in [2.05, 4.69) is 35.9 Å². The highest BCUT2D eigenvalue weighted by Gasteiger charge is 2.21. The van der Waals surface area contributed by atoms with E-state index in [0.717, 1.165) is 5.92 Å². The monoisotopic (exact) mass is 228 g/mol. The highest BCUT2D eigenvalue weighted by Crippen LogP contribution is 2.37. The topological polar surface area (TPSA) is 30.9 Å². The fourth-order valence-electron chi connectivity index (χ4n) is 3.23. The summed E-state index contributed by atoms with van der Waals surface area (Å²) in [6.07, 6.45) is 5.47. The van der Waals surface area contributed by atoms with Crippen LogP contribution in [0.25, 0.3) is 10.9 Å². The number of rotatable bonds is 2. The summed E-state index contributed by atoms with van der Waals surface area (Å²) in [7, 11) is 2.19. The second kappa shape index (κ2) is 4.19. The van der Waals surface area contributed by atoms with E-state index in [9.17, 15) is 0 Å². The van der Waals surface area contributed by atoms with Gasteiger partial charge in [0, 0.05) is 30.2 Å². The summed E-state index contributed by atoms with van der Waals surface area (Å²) in [5.41, 5.74) is 9.91. The van der Waals surface area contributed by atoms with E-state index in [1.165, 1.54) is 47.8 Å². The Morgan fingerprint density at radius 1 is 1.29 bits per heavy atom. The highest BCUT2D eigenvalue weighted by atomic mass is 15.0. The molecule has 1 heterocycles. The molecule has 1 saturated carbocycles. The van der Waals surface area contributed by atoms with Crippen molar-refractivity contribution in [2.24, 2.45) is 12.8 Å². The van der Waals surface area contributed by atoms with Gasteiger partial charge in [-0.15, -0.1) is 0 Å². The molecule has 0 amide bonds. The number of benzene rings is 1. The normalized spacial score (nSPS) is 17.1. The van der Waals surface area contributed by atoms with Gasteiger partial charge in [0.2, 0.25) is 0 Å². The molecule has 0 unspecified atom stereocenters. The predicted molar refractivity (Wildman–Crippen MR) is 72.0 cm³/mol. The number of hydrogen-bond acceptors (Lipinski definition) is 1. The molecule has 2 aromatic rings.